The summed E-state index contributed by atoms with van der Waals surface area (Å²) >= 11 is 3.40. The quantitative estimate of drug-likeness (QED) is 0.931. The molecule has 1 unspecified atom stereocenters. The first-order valence-corrected chi connectivity index (χ1v) is 7.05. The van der Waals surface area contributed by atoms with E-state index in [0.717, 1.165) is 29.7 Å². The number of aliphatic hydroxyl groups excluding tert-OH is 1. The summed E-state index contributed by atoms with van der Waals surface area (Å²) in [5, 5.41) is 10.2. The van der Waals surface area contributed by atoms with E-state index < -0.39 is 6.10 Å². The van der Waals surface area contributed by atoms with Crippen molar-refractivity contribution in [3.05, 3.63) is 34.3 Å². The van der Waals surface area contributed by atoms with Crippen LogP contribution in [0.25, 0.3) is 0 Å². The van der Waals surface area contributed by atoms with Crippen LogP contribution < -0.4 is 0 Å². The van der Waals surface area contributed by atoms with Gasteiger partial charge in [0.2, 0.25) is 0 Å². The Bertz CT molecular complexity index is 391. The minimum absolute atomic E-state index is 0.113. The fourth-order valence-corrected chi connectivity index (χ4v) is 2.57. The molecule has 0 saturated carbocycles. The van der Waals surface area contributed by atoms with Gasteiger partial charge < -0.3 is 9.84 Å². The third-order valence-corrected chi connectivity index (χ3v) is 3.72. The summed E-state index contributed by atoms with van der Waals surface area (Å²) in [5.41, 5.74) is 0.847. The van der Waals surface area contributed by atoms with E-state index in [0.29, 0.717) is 6.54 Å². The van der Waals surface area contributed by atoms with Gasteiger partial charge in [0.15, 0.2) is 0 Å². The van der Waals surface area contributed by atoms with E-state index in [1.807, 2.05) is 24.3 Å². The van der Waals surface area contributed by atoms with Gasteiger partial charge >= 0.3 is 0 Å². The molecule has 2 rings (SSSR count). The molecule has 1 N–H and O–H groups in total. The Kier molecular flexibility index (Phi) is 4.43. The third-order valence-electron chi connectivity index (χ3n) is 3.19. The molecule has 1 fully saturated rings. The van der Waals surface area contributed by atoms with Gasteiger partial charge in [-0.05, 0) is 31.5 Å². The number of nitrogens with zero attached hydrogens (tertiary/aromatic N) is 1. The standard InChI is InChI=1S/C14H20BrNO2/c1-14(2)10-16(7-8-18-14)9-13(17)11-3-5-12(15)6-4-11/h3-6,13,17H,7-10H2,1-2H3. The second-order valence-electron chi connectivity index (χ2n) is 5.41. The smallest absolute Gasteiger partial charge is 0.0916 e. The van der Waals surface area contributed by atoms with Crippen molar-refractivity contribution >= 4 is 15.9 Å². The van der Waals surface area contributed by atoms with Crippen LogP contribution in [-0.2, 0) is 4.74 Å². The second kappa shape index (κ2) is 5.70. The van der Waals surface area contributed by atoms with Crippen LogP contribution in [0.15, 0.2) is 28.7 Å². The molecule has 18 heavy (non-hydrogen) atoms. The lowest BCUT2D eigenvalue weighted by atomic mass is 10.1. The first kappa shape index (κ1) is 14.0. The summed E-state index contributed by atoms with van der Waals surface area (Å²) in [6.45, 7) is 7.32. The van der Waals surface area contributed by atoms with Gasteiger partial charge in [0, 0.05) is 24.1 Å². The summed E-state index contributed by atoms with van der Waals surface area (Å²) in [4.78, 5) is 2.26. The largest absolute Gasteiger partial charge is 0.387 e. The maximum absolute atomic E-state index is 10.2. The van der Waals surface area contributed by atoms with Crippen molar-refractivity contribution in [3.63, 3.8) is 0 Å². The number of ether oxygens (including phenoxy) is 1. The zero-order chi connectivity index (χ0) is 13.2. The number of morpholine rings is 1. The molecule has 1 heterocycles. The van der Waals surface area contributed by atoms with Crippen molar-refractivity contribution in [1.29, 1.82) is 0 Å². The molecule has 4 heteroatoms. The fraction of sp³-hybridized carbons (Fsp3) is 0.571. The highest BCUT2D eigenvalue weighted by atomic mass is 79.9. The number of benzene rings is 1. The highest BCUT2D eigenvalue weighted by Crippen LogP contribution is 2.21. The molecule has 1 saturated heterocycles. The number of halogens is 1. The van der Waals surface area contributed by atoms with Crippen LogP contribution in [0, 0.1) is 0 Å². The molecule has 0 bridgehead atoms. The van der Waals surface area contributed by atoms with Gasteiger partial charge in [0.25, 0.3) is 0 Å². The van der Waals surface area contributed by atoms with Crippen molar-refractivity contribution in [2.45, 2.75) is 25.6 Å². The van der Waals surface area contributed by atoms with Crippen LogP contribution in [0.5, 0.6) is 0 Å². The van der Waals surface area contributed by atoms with E-state index in [1.165, 1.54) is 0 Å². The van der Waals surface area contributed by atoms with Crippen molar-refractivity contribution < 1.29 is 9.84 Å². The lowest BCUT2D eigenvalue weighted by Gasteiger charge is -2.38. The number of aliphatic hydroxyl groups is 1. The van der Waals surface area contributed by atoms with E-state index >= 15 is 0 Å². The minimum Gasteiger partial charge on any atom is -0.387 e. The number of hydrogen-bond donors (Lipinski definition) is 1. The Morgan fingerprint density at radius 3 is 2.67 bits per heavy atom. The van der Waals surface area contributed by atoms with Gasteiger partial charge in [0.05, 0.1) is 18.3 Å². The average Bonchev–Trinajstić information content (AvgIpc) is 2.28. The predicted octanol–water partition coefficient (Wildman–Crippen LogP) is 2.59. The molecule has 1 atom stereocenters. The lowest BCUT2D eigenvalue weighted by Crippen LogP contribution is -2.49. The Morgan fingerprint density at radius 2 is 2.06 bits per heavy atom. The SMILES string of the molecule is CC1(C)CN(CC(O)c2ccc(Br)cc2)CCO1. The van der Waals surface area contributed by atoms with Crippen LogP contribution in [0.2, 0.25) is 0 Å². The number of rotatable bonds is 3. The minimum atomic E-state index is -0.438. The highest BCUT2D eigenvalue weighted by molar-refractivity contribution is 9.10. The molecule has 0 radical (unpaired) electrons. The average molecular weight is 314 g/mol. The van der Waals surface area contributed by atoms with Gasteiger partial charge in [-0.3, -0.25) is 4.90 Å². The van der Waals surface area contributed by atoms with Crippen molar-refractivity contribution in [3.8, 4) is 0 Å². The third kappa shape index (κ3) is 3.79. The van der Waals surface area contributed by atoms with E-state index in [9.17, 15) is 5.11 Å². The maximum Gasteiger partial charge on any atom is 0.0916 e. The van der Waals surface area contributed by atoms with Crippen LogP contribution in [0.4, 0.5) is 0 Å². The number of β-amino-alcohol motifs (C(OH)–C–C–N with tert-alkyl or cyclic N) is 1. The van der Waals surface area contributed by atoms with Gasteiger partial charge in [0.1, 0.15) is 0 Å². The molecule has 1 aliphatic rings. The summed E-state index contributed by atoms with van der Waals surface area (Å²) < 4.78 is 6.70. The van der Waals surface area contributed by atoms with E-state index in [-0.39, 0.29) is 5.60 Å². The van der Waals surface area contributed by atoms with Crippen LogP contribution in [0.1, 0.15) is 25.5 Å². The Morgan fingerprint density at radius 1 is 1.39 bits per heavy atom. The molecule has 0 spiro atoms. The molecule has 0 aromatic heterocycles. The van der Waals surface area contributed by atoms with Gasteiger partial charge in [-0.1, -0.05) is 28.1 Å². The molecule has 100 valence electrons. The first-order valence-electron chi connectivity index (χ1n) is 6.26. The second-order valence-corrected chi connectivity index (χ2v) is 6.33. The monoisotopic (exact) mass is 313 g/mol. The summed E-state index contributed by atoms with van der Waals surface area (Å²) in [6.07, 6.45) is -0.438. The molecule has 0 amide bonds. The van der Waals surface area contributed by atoms with Gasteiger partial charge in [-0.15, -0.1) is 0 Å². The van der Waals surface area contributed by atoms with Gasteiger partial charge in [-0.2, -0.15) is 0 Å². The fourth-order valence-electron chi connectivity index (χ4n) is 2.30. The summed E-state index contributed by atoms with van der Waals surface area (Å²) in [5.74, 6) is 0. The maximum atomic E-state index is 10.2. The topological polar surface area (TPSA) is 32.7 Å². The molecule has 1 aliphatic heterocycles. The van der Waals surface area contributed by atoms with Crippen molar-refractivity contribution in [1.82, 2.24) is 4.90 Å². The van der Waals surface area contributed by atoms with Crippen LogP contribution >= 0.6 is 15.9 Å². The van der Waals surface area contributed by atoms with E-state index in [1.54, 1.807) is 0 Å². The molecular weight excluding hydrogens is 294 g/mol. The molecule has 3 nitrogen and oxygen atoms in total. The van der Waals surface area contributed by atoms with Gasteiger partial charge in [-0.25, -0.2) is 0 Å². The Hall–Kier alpha value is -0.420. The molecule has 0 aliphatic carbocycles. The van der Waals surface area contributed by atoms with Crippen molar-refractivity contribution in [2.24, 2.45) is 0 Å². The van der Waals surface area contributed by atoms with E-state index in [4.69, 9.17) is 4.74 Å². The molecular formula is C14H20BrNO2. The van der Waals surface area contributed by atoms with Crippen LogP contribution in [-0.4, -0.2) is 41.8 Å². The molecule has 1 aromatic rings. The highest BCUT2D eigenvalue weighted by Gasteiger charge is 2.28. The van der Waals surface area contributed by atoms with Crippen molar-refractivity contribution in [2.75, 3.05) is 26.2 Å². The first-order chi connectivity index (χ1) is 8.46. The summed E-state index contributed by atoms with van der Waals surface area (Å²) in [7, 11) is 0. The predicted molar refractivity (Wildman–Crippen MR) is 75.6 cm³/mol. The summed E-state index contributed by atoms with van der Waals surface area (Å²) in [6, 6.07) is 7.84. The number of hydrogen-bond acceptors (Lipinski definition) is 3. The molecule has 1 aromatic carbocycles. The van der Waals surface area contributed by atoms with Crippen LogP contribution in [0.3, 0.4) is 0 Å². The Balaban J connectivity index is 1.94. The zero-order valence-corrected chi connectivity index (χ0v) is 12.5. The Labute approximate surface area is 117 Å². The normalized spacial score (nSPS) is 21.8. The lowest BCUT2D eigenvalue weighted by molar-refractivity contribution is -0.0932. The van der Waals surface area contributed by atoms with E-state index in [2.05, 4.69) is 34.7 Å². The zero-order valence-electron chi connectivity index (χ0n) is 10.9.